The molecule has 1 unspecified atom stereocenters. The third-order valence-corrected chi connectivity index (χ3v) is 6.98. The molecule has 0 heterocycles. The van der Waals surface area contributed by atoms with Crippen LogP contribution in [0.4, 0.5) is 0 Å². The van der Waals surface area contributed by atoms with Gasteiger partial charge in [-0.1, -0.05) is 136 Å². The Bertz CT molecular complexity index is 355. The maximum atomic E-state index is 12.3. The Morgan fingerprint density at radius 3 is 1.29 bits per heavy atom. The van der Waals surface area contributed by atoms with Crippen LogP contribution in [0.2, 0.25) is 0 Å². The first-order chi connectivity index (χ1) is 15.3. The normalized spacial score (nSPS) is 12.4. The molecule has 0 saturated carbocycles. The van der Waals surface area contributed by atoms with Gasteiger partial charge in [-0.3, -0.25) is 4.79 Å². The fraction of sp³-hybridized carbons (Fsp3) is 0.966. The molecule has 1 atom stereocenters. The number of unbranched alkanes of at least 4 members (excludes halogenated alkanes) is 19. The summed E-state index contributed by atoms with van der Waals surface area (Å²) in [6.07, 6.45) is 31.6. The summed E-state index contributed by atoms with van der Waals surface area (Å²) in [6.45, 7) is 5.20. The van der Waals surface area contributed by atoms with E-state index in [4.69, 9.17) is 5.73 Å². The zero-order chi connectivity index (χ0) is 22.8. The monoisotopic (exact) mass is 437 g/mol. The average Bonchev–Trinajstić information content (AvgIpc) is 2.78. The van der Waals surface area contributed by atoms with E-state index >= 15 is 0 Å². The molecule has 0 aliphatic heterocycles. The Morgan fingerprint density at radius 1 is 0.548 bits per heavy atom. The van der Waals surface area contributed by atoms with E-state index in [9.17, 15) is 4.79 Å². The summed E-state index contributed by atoms with van der Waals surface area (Å²) in [5, 5.41) is 0. The Balaban J connectivity index is 3.25. The molecule has 0 saturated heterocycles. The highest BCUT2D eigenvalue weighted by molar-refractivity contribution is 5.80. The molecule has 2 N–H and O–H groups in total. The van der Waals surface area contributed by atoms with Crippen LogP contribution in [0.1, 0.15) is 168 Å². The number of carbonyl (C=O) groups excluding carboxylic acids is 1. The van der Waals surface area contributed by atoms with Crippen LogP contribution in [-0.2, 0) is 4.79 Å². The Kier molecular flexibility index (Phi) is 25.6. The fourth-order valence-electron chi connectivity index (χ4n) is 4.71. The first-order valence-corrected chi connectivity index (χ1v) is 14.5. The largest absolute Gasteiger partial charge is 0.330 e. The van der Waals surface area contributed by atoms with E-state index in [1.165, 1.54) is 116 Å². The van der Waals surface area contributed by atoms with E-state index in [2.05, 4.69) is 13.8 Å². The molecule has 0 aromatic rings. The van der Waals surface area contributed by atoms with Crippen LogP contribution >= 0.6 is 0 Å². The van der Waals surface area contributed by atoms with E-state index in [1.54, 1.807) is 0 Å². The molecule has 0 fully saturated rings. The molecule has 0 bridgehead atoms. The topological polar surface area (TPSA) is 43.1 Å². The van der Waals surface area contributed by atoms with Gasteiger partial charge in [-0.25, -0.2) is 0 Å². The van der Waals surface area contributed by atoms with Crippen molar-refractivity contribution in [3.8, 4) is 0 Å². The number of hydrogen-bond acceptors (Lipinski definition) is 2. The molecule has 0 aromatic carbocycles. The Labute approximate surface area is 196 Å². The van der Waals surface area contributed by atoms with Gasteiger partial charge in [-0.2, -0.15) is 0 Å². The summed E-state index contributed by atoms with van der Waals surface area (Å²) in [7, 11) is 0. The van der Waals surface area contributed by atoms with Gasteiger partial charge < -0.3 is 5.73 Å². The number of Topliss-reactive ketones (excluding diaryl/α,β-unsaturated/α-hetero) is 1. The molecule has 2 nitrogen and oxygen atoms in total. The van der Waals surface area contributed by atoms with E-state index in [-0.39, 0.29) is 0 Å². The Hall–Kier alpha value is -0.370. The van der Waals surface area contributed by atoms with E-state index in [1.807, 2.05) is 0 Å². The van der Waals surface area contributed by atoms with Crippen LogP contribution in [0.15, 0.2) is 0 Å². The van der Waals surface area contributed by atoms with Crippen molar-refractivity contribution < 1.29 is 4.79 Å². The molecule has 0 aliphatic carbocycles. The zero-order valence-corrected chi connectivity index (χ0v) is 21.7. The van der Waals surface area contributed by atoms with Crippen LogP contribution < -0.4 is 5.73 Å². The van der Waals surface area contributed by atoms with Gasteiger partial charge in [0.1, 0.15) is 5.78 Å². The second-order valence-corrected chi connectivity index (χ2v) is 9.97. The third-order valence-electron chi connectivity index (χ3n) is 6.98. The first-order valence-electron chi connectivity index (χ1n) is 14.5. The minimum absolute atomic E-state index is 0.294. The van der Waals surface area contributed by atoms with Gasteiger partial charge in [-0.15, -0.1) is 0 Å². The highest BCUT2D eigenvalue weighted by Gasteiger charge is 2.15. The summed E-state index contributed by atoms with van der Waals surface area (Å²) < 4.78 is 0. The van der Waals surface area contributed by atoms with Crippen LogP contribution in [0.3, 0.4) is 0 Å². The lowest BCUT2D eigenvalue weighted by molar-refractivity contribution is -0.123. The lowest BCUT2D eigenvalue weighted by Gasteiger charge is -2.13. The van der Waals surface area contributed by atoms with Crippen LogP contribution in [0, 0.1) is 5.92 Å². The molecule has 186 valence electrons. The second kappa shape index (κ2) is 25.9. The molecule has 31 heavy (non-hydrogen) atoms. The van der Waals surface area contributed by atoms with Crippen molar-refractivity contribution in [1.29, 1.82) is 0 Å². The summed E-state index contributed by atoms with van der Waals surface area (Å²) >= 11 is 0. The molecule has 0 spiro atoms. The van der Waals surface area contributed by atoms with Crippen LogP contribution in [0.5, 0.6) is 0 Å². The Morgan fingerprint density at radius 2 is 0.935 bits per heavy atom. The van der Waals surface area contributed by atoms with Gasteiger partial charge >= 0.3 is 0 Å². The van der Waals surface area contributed by atoms with E-state index in [0.717, 1.165) is 45.1 Å². The van der Waals surface area contributed by atoms with Gasteiger partial charge in [0, 0.05) is 12.3 Å². The van der Waals surface area contributed by atoms with Gasteiger partial charge in [0.05, 0.1) is 0 Å². The van der Waals surface area contributed by atoms with Gasteiger partial charge in [0.15, 0.2) is 0 Å². The maximum absolute atomic E-state index is 12.3. The summed E-state index contributed by atoms with van der Waals surface area (Å²) in [6, 6.07) is 0. The van der Waals surface area contributed by atoms with Crippen molar-refractivity contribution in [2.24, 2.45) is 11.7 Å². The highest BCUT2D eigenvalue weighted by Crippen LogP contribution is 2.18. The molecule has 0 aliphatic rings. The molecule has 0 rings (SSSR count). The van der Waals surface area contributed by atoms with Gasteiger partial charge in [0.2, 0.25) is 0 Å². The van der Waals surface area contributed by atoms with Crippen molar-refractivity contribution in [3.63, 3.8) is 0 Å². The summed E-state index contributed by atoms with van der Waals surface area (Å²) in [5.74, 6) is 0.800. The van der Waals surface area contributed by atoms with Gasteiger partial charge in [-0.05, 0) is 32.2 Å². The molecular formula is C29H59NO. The minimum Gasteiger partial charge on any atom is -0.330 e. The number of nitrogens with two attached hydrogens (primary N) is 1. The molecule has 2 heteroatoms. The molecule has 0 aromatic heterocycles. The maximum Gasteiger partial charge on any atom is 0.135 e. The standard InChI is InChI=1S/C29H59NO/c1-3-5-6-7-8-9-10-11-12-13-14-15-16-17-18-19-20-21-22-26-29(31)28(4-2)25-23-24-27-30/h28H,3-27,30H2,1-2H3. The van der Waals surface area contributed by atoms with Crippen LogP contribution in [0.25, 0.3) is 0 Å². The van der Waals surface area contributed by atoms with E-state index < -0.39 is 0 Å². The molecular weight excluding hydrogens is 378 g/mol. The fourth-order valence-corrected chi connectivity index (χ4v) is 4.71. The minimum atomic E-state index is 0.294. The number of hydrogen-bond donors (Lipinski definition) is 1. The number of carbonyl (C=O) groups is 1. The highest BCUT2D eigenvalue weighted by atomic mass is 16.1. The van der Waals surface area contributed by atoms with Gasteiger partial charge in [0.25, 0.3) is 0 Å². The van der Waals surface area contributed by atoms with Crippen molar-refractivity contribution in [2.75, 3.05) is 6.54 Å². The second-order valence-electron chi connectivity index (χ2n) is 9.97. The van der Waals surface area contributed by atoms with E-state index in [0.29, 0.717) is 11.7 Å². The number of rotatable bonds is 26. The molecule has 0 amide bonds. The van der Waals surface area contributed by atoms with Crippen molar-refractivity contribution in [1.82, 2.24) is 0 Å². The summed E-state index contributed by atoms with van der Waals surface area (Å²) in [5.41, 5.74) is 5.56. The number of ketones is 1. The third kappa shape index (κ3) is 22.6. The lowest BCUT2D eigenvalue weighted by atomic mass is 9.91. The first kappa shape index (κ1) is 30.6. The average molecular weight is 438 g/mol. The smallest absolute Gasteiger partial charge is 0.135 e. The quantitative estimate of drug-likeness (QED) is 0.137. The SMILES string of the molecule is CCCCCCCCCCCCCCCCCCCCCC(=O)C(CC)CCCCN. The van der Waals surface area contributed by atoms with Crippen molar-refractivity contribution >= 4 is 5.78 Å². The molecule has 0 radical (unpaired) electrons. The predicted octanol–water partition coefficient (Wildman–Crippen LogP) is 9.53. The predicted molar refractivity (Wildman–Crippen MR) is 140 cm³/mol. The zero-order valence-electron chi connectivity index (χ0n) is 21.7. The lowest BCUT2D eigenvalue weighted by Crippen LogP contribution is -2.14. The van der Waals surface area contributed by atoms with Crippen molar-refractivity contribution in [2.45, 2.75) is 168 Å². The van der Waals surface area contributed by atoms with Crippen LogP contribution in [-0.4, -0.2) is 12.3 Å². The summed E-state index contributed by atoms with van der Waals surface area (Å²) in [4.78, 5) is 12.3. The van der Waals surface area contributed by atoms with Crippen molar-refractivity contribution in [3.05, 3.63) is 0 Å².